The highest BCUT2D eigenvalue weighted by Crippen LogP contribution is 2.46. The summed E-state index contributed by atoms with van der Waals surface area (Å²) < 4.78 is 55.2. The summed E-state index contributed by atoms with van der Waals surface area (Å²) in [6.45, 7) is 2.22. The molecule has 6 N–H and O–H groups in total. The number of aliphatic imine (C=N–C) groups is 1. The Morgan fingerprint density at radius 2 is 1.87 bits per heavy atom. The maximum Gasteiger partial charge on any atom is 0.397 e. The number of carbonyl (C=O) groups is 2. The summed E-state index contributed by atoms with van der Waals surface area (Å²) in [5.74, 6) is -1.31. The molecule has 2 aliphatic rings. The molecule has 0 saturated heterocycles. The average Bonchev–Trinajstić information content (AvgIpc) is 3.76. The van der Waals surface area contributed by atoms with Gasteiger partial charge >= 0.3 is 6.18 Å². The first-order valence-electron chi connectivity index (χ1n) is 13.7. The maximum atomic E-state index is 14.7. The number of nitriles is 1. The second-order valence-electron chi connectivity index (χ2n) is 10.2. The molecular weight excluding hydrogens is 613 g/mol. The van der Waals surface area contributed by atoms with E-state index in [-0.39, 0.29) is 53.2 Å². The molecule has 1 fully saturated rings. The highest BCUT2D eigenvalue weighted by Gasteiger charge is 2.43. The van der Waals surface area contributed by atoms with E-state index < -0.39 is 12.1 Å². The summed E-state index contributed by atoms with van der Waals surface area (Å²) in [6.07, 6.45) is -0.884. The maximum absolute atomic E-state index is 14.7. The van der Waals surface area contributed by atoms with Crippen molar-refractivity contribution in [3.63, 3.8) is 0 Å². The number of carbonyl (C=O) groups excluding carboxylic acids is 2. The number of fused-ring (bicyclic) bond motifs is 1. The number of nitrogen functional groups attached to an aromatic ring is 1. The number of methoxy groups -OCH3 is 1. The molecule has 10 nitrogen and oxygen atoms in total. The normalized spacial score (nSPS) is 15.7. The number of benzene rings is 2. The first kappa shape index (κ1) is 34.7. The molecule has 1 saturated carbocycles. The molecule has 2 atom stereocenters. The summed E-state index contributed by atoms with van der Waals surface area (Å²) in [4.78, 5) is 26.1. The zero-order valence-corrected chi connectivity index (χ0v) is 25.2. The van der Waals surface area contributed by atoms with E-state index in [9.17, 15) is 18.4 Å². The van der Waals surface area contributed by atoms with Crippen molar-refractivity contribution in [1.82, 2.24) is 4.98 Å². The van der Waals surface area contributed by atoms with Gasteiger partial charge in [-0.15, -0.1) is 0 Å². The van der Waals surface area contributed by atoms with Crippen LogP contribution in [0.4, 0.5) is 18.9 Å². The van der Waals surface area contributed by atoms with Crippen LogP contribution in [0.5, 0.6) is 11.5 Å². The van der Waals surface area contributed by atoms with E-state index >= 15 is 0 Å². The van der Waals surface area contributed by atoms with Crippen LogP contribution in [0.2, 0.25) is 5.02 Å². The van der Waals surface area contributed by atoms with Gasteiger partial charge in [0, 0.05) is 28.8 Å². The van der Waals surface area contributed by atoms with Crippen LogP contribution in [0.1, 0.15) is 59.5 Å². The van der Waals surface area contributed by atoms with E-state index in [1.165, 1.54) is 31.4 Å². The number of pyridine rings is 1. The van der Waals surface area contributed by atoms with Crippen molar-refractivity contribution in [2.45, 2.75) is 50.2 Å². The van der Waals surface area contributed by atoms with Crippen LogP contribution in [-0.4, -0.2) is 50.0 Å². The molecule has 2 unspecified atom stereocenters. The second kappa shape index (κ2) is 15.3. The van der Waals surface area contributed by atoms with Crippen LogP contribution in [0.3, 0.4) is 0 Å². The molecule has 0 radical (unpaired) electrons. The van der Waals surface area contributed by atoms with E-state index in [0.717, 1.165) is 12.8 Å². The van der Waals surface area contributed by atoms with Crippen molar-refractivity contribution >= 4 is 36.3 Å². The molecule has 1 aliphatic carbocycles. The lowest BCUT2D eigenvalue weighted by atomic mass is 9.90. The SMILES string of the molecule is COc1cc(CC(c2cc3c(c(-c4ccc(C#N)c(Cl)c4)n2)OCC3C)C(F)(F)F)cc(C=NC2CC2)c1N.NC=O.NC=O. The second-order valence-corrected chi connectivity index (χ2v) is 10.6. The number of anilines is 1. The molecule has 1 aliphatic heterocycles. The number of hydrogen-bond donors (Lipinski definition) is 3. The van der Waals surface area contributed by atoms with Gasteiger partial charge in [-0.05, 0) is 55.2 Å². The van der Waals surface area contributed by atoms with Crippen molar-refractivity contribution in [3.8, 4) is 28.8 Å². The summed E-state index contributed by atoms with van der Waals surface area (Å²) in [6, 6.07) is 11.5. The summed E-state index contributed by atoms with van der Waals surface area (Å²) >= 11 is 6.24. The Morgan fingerprint density at radius 1 is 1.20 bits per heavy atom. The van der Waals surface area contributed by atoms with Gasteiger partial charge in [-0.2, -0.15) is 18.4 Å². The van der Waals surface area contributed by atoms with Crippen LogP contribution in [0.25, 0.3) is 11.3 Å². The standard InChI is InChI=1S/C29H26ClF3N4O2.2CH3NO/c1-15-14-39-28-21(15)11-24(37-27(28)17-3-4-18(12-34)23(30)10-17)22(29(31,32)33)8-16-7-19(13-36-20-5-6-20)26(35)25(9-16)38-2;2*2-1-3/h3-4,7,9-11,13,15,20,22H,5-6,8,14,35H2,1-2H3;2*1H,(H2,2,3). The monoisotopic (exact) mass is 644 g/mol. The Bertz CT molecular complexity index is 1600. The number of nitrogens with two attached hydrogens (primary N) is 3. The number of amides is 2. The van der Waals surface area contributed by atoms with Crippen LogP contribution in [0.15, 0.2) is 41.4 Å². The molecule has 45 heavy (non-hydrogen) atoms. The molecule has 238 valence electrons. The molecule has 2 aromatic carbocycles. The fourth-order valence-corrected chi connectivity index (χ4v) is 4.87. The highest BCUT2D eigenvalue weighted by molar-refractivity contribution is 6.32. The van der Waals surface area contributed by atoms with E-state index in [1.54, 1.807) is 18.3 Å². The lowest BCUT2D eigenvalue weighted by Gasteiger charge is -2.23. The van der Waals surface area contributed by atoms with Gasteiger partial charge in [0.2, 0.25) is 12.8 Å². The smallest absolute Gasteiger partial charge is 0.397 e. The van der Waals surface area contributed by atoms with Gasteiger partial charge in [0.05, 0.1) is 41.7 Å². The quantitative estimate of drug-likeness (QED) is 0.183. The van der Waals surface area contributed by atoms with Crippen molar-refractivity contribution in [1.29, 1.82) is 5.26 Å². The minimum Gasteiger partial charge on any atom is -0.495 e. The third-order valence-corrected chi connectivity index (χ3v) is 7.32. The van der Waals surface area contributed by atoms with Gasteiger partial charge in [0.1, 0.15) is 29.2 Å². The van der Waals surface area contributed by atoms with Crippen LogP contribution in [-0.2, 0) is 16.0 Å². The Morgan fingerprint density at radius 3 is 2.42 bits per heavy atom. The van der Waals surface area contributed by atoms with Crippen LogP contribution >= 0.6 is 11.6 Å². The van der Waals surface area contributed by atoms with E-state index in [0.29, 0.717) is 46.0 Å². The zero-order chi connectivity index (χ0) is 33.3. The number of alkyl halides is 3. The van der Waals surface area contributed by atoms with Crippen molar-refractivity contribution in [2.24, 2.45) is 16.5 Å². The molecule has 0 bridgehead atoms. The first-order chi connectivity index (χ1) is 21.4. The van der Waals surface area contributed by atoms with Gasteiger partial charge in [0.25, 0.3) is 0 Å². The Kier molecular flexibility index (Phi) is 11.7. The zero-order valence-electron chi connectivity index (χ0n) is 24.5. The van der Waals surface area contributed by atoms with Gasteiger partial charge in [-0.1, -0.05) is 24.6 Å². The molecule has 14 heteroatoms. The van der Waals surface area contributed by atoms with Crippen LogP contribution in [0, 0.1) is 11.3 Å². The summed E-state index contributed by atoms with van der Waals surface area (Å²) in [7, 11) is 1.43. The van der Waals surface area contributed by atoms with E-state index in [2.05, 4.69) is 21.4 Å². The largest absolute Gasteiger partial charge is 0.495 e. The predicted octanol–water partition coefficient (Wildman–Crippen LogP) is 5.03. The fourth-order valence-electron chi connectivity index (χ4n) is 4.65. The molecule has 2 amide bonds. The number of hydrogen-bond acceptors (Lipinski definition) is 8. The van der Waals surface area contributed by atoms with Crippen molar-refractivity contribution in [3.05, 3.63) is 69.4 Å². The number of rotatable bonds is 7. The molecule has 5 rings (SSSR count). The minimum atomic E-state index is -4.60. The van der Waals surface area contributed by atoms with Gasteiger partial charge in [-0.3, -0.25) is 14.6 Å². The number of halogens is 4. The van der Waals surface area contributed by atoms with Crippen molar-refractivity contribution < 1.29 is 32.2 Å². The van der Waals surface area contributed by atoms with Gasteiger partial charge in [-0.25, -0.2) is 4.98 Å². The van der Waals surface area contributed by atoms with Gasteiger partial charge < -0.3 is 26.7 Å². The Hall–Kier alpha value is -4.83. The molecule has 2 heterocycles. The molecule has 1 aromatic heterocycles. The lowest BCUT2D eigenvalue weighted by molar-refractivity contribution is -0.151. The molecular formula is C31H32ClF3N6O4. The third-order valence-electron chi connectivity index (χ3n) is 7.01. The fraction of sp³-hybridized carbons (Fsp3) is 0.323. The molecule has 3 aromatic rings. The number of primary amides is 2. The van der Waals surface area contributed by atoms with Crippen molar-refractivity contribution in [2.75, 3.05) is 19.5 Å². The minimum absolute atomic E-state index is 0.120. The number of aromatic nitrogens is 1. The topological polar surface area (TPSA) is 180 Å². The molecule has 0 spiro atoms. The highest BCUT2D eigenvalue weighted by atomic mass is 35.5. The van der Waals surface area contributed by atoms with E-state index in [4.69, 9.17) is 36.4 Å². The van der Waals surface area contributed by atoms with E-state index in [1.807, 2.05) is 13.0 Å². The van der Waals surface area contributed by atoms with Gasteiger partial charge in [0.15, 0.2) is 0 Å². The summed E-state index contributed by atoms with van der Waals surface area (Å²) in [5, 5.41) is 9.41. The Balaban J connectivity index is 0.000000853. The predicted molar refractivity (Wildman–Crippen MR) is 164 cm³/mol. The Labute approximate surface area is 263 Å². The average molecular weight is 645 g/mol. The third kappa shape index (κ3) is 8.63. The lowest BCUT2D eigenvalue weighted by Crippen LogP contribution is -2.24. The summed E-state index contributed by atoms with van der Waals surface area (Å²) in [5.41, 5.74) is 17.3. The van der Waals surface area contributed by atoms with Crippen LogP contribution < -0.4 is 26.7 Å². The number of ether oxygens (including phenoxy) is 2. The number of nitrogens with zero attached hydrogens (tertiary/aromatic N) is 3. The first-order valence-corrected chi connectivity index (χ1v) is 14.0.